The zero-order chi connectivity index (χ0) is 18.8. The Kier molecular flexibility index (Phi) is 3.42. The first-order valence-electron chi connectivity index (χ1n) is 9.79. The summed E-state index contributed by atoms with van der Waals surface area (Å²) in [5.74, 6) is 0. The van der Waals surface area contributed by atoms with Crippen molar-refractivity contribution in [3.63, 3.8) is 0 Å². The smallest absolute Gasteiger partial charge is 0.107 e. The Morgan fingerprint density at radius 1 is 0.750 bits per heavy atom. The van der Waals surface area contributed by atoms with Crippen LogP contribution in [-0.4, -0.2) is 29.0 Å². The van der Waals surface area contributed by atoms with Gasteiger partial charge in [-0.25, -0.2) is 0 Å². The van der Waals surface area contributed by atoms with Gasteiger partial charge in [0.2, 0.25) is 0 Å². The Morgan fingerprint density at radius 2 is 1.36 bits per heavy atom. The van der Waals surface area contributed by atoms with Crippen molar-refractivity contribution in [2.45, 2.75) is 24.7 Å². The van der Waals surface area contributed by atoms with Crippen LogP contribution >= 0.6 is 0 Å². The molecule has 0 radical (unpaired) electrons. The molecule has 5 aromatic rings. The Morgan fingerprint density at radius 3 is 2.04 bits per heavy atom. The fraction of sp³-hybridized carbons (Fsp3) is 0.200. The van der Waals surface area contributed by atoms with Crippen LogP contribution in [0.25, 0.3) is 43.1 Å². The van der Waals surface area contributed by atoms with E-state index in [4.69, 9.17) is 4.74 Å². The third kappa shape index (κ3) is 2.09. The largest absolute Gasteiger partial charge is 0.394 e. The second-order valence-corrected chi connectivity index (χ2v) is 7.79. The molecule has 1 unspecified atom stereocenters. The number of rotatable bonds is 2. The molecule has 5 aromatic carbocycles. The van der Waals surface area contributed by atoms with Gasteiger partial charge in [0.05, 0.1) is 18.8 Å². The second-order valence-electron chi connectivity index (χ2n) is 7.79. The predicted molar refractivity (Wildman–Crippen MR) is 113 cm³/mol. The molecule has 28 heavy (non-hydrogen) atoms. The zero-order valence-electron chi connectivity index (χ0n) is 15.3. The number of aliphatic hydroxyl groups is 2. The van der Waals surface area contributed by atoms with E-state index >= 15 is 0 Å². The number of aliphatic hydroxyl groups excluding tert-OH is 2. The number of fused-ring (bicyclic) bond motifs is 2. The van der Waals surface area contributed by atoms with Crippen molar-refractivity contribution in [1.29, 1.82) is 0 Å². The van der Waals surface area contributed by atoms with Gasteiger partial charge in [-0.15, -0.1) is 0 Å². The van der Waals surface area contributed by atoms with Gasteiger partial charge < -0.3 is 14.9 Å². The molecule has 3 atom stereocenters. The maximum Gasteiger partial charge on any atom is 0.107 e. The molecule has 0 aliphatic carbocycles. The maximum atomic E-state index is 10.2. The first kappa shape index (κ1) is 16.3. The van der Waals surface area contributed by atoms with Gasteiger partial charge in [0, 0.05) is 6.42 Å². The molecule has 1 aliphatic rings. The molecule has 1 fully saturated rings. The van der Waals surface area contributed by atoms with Crippen LogP contribution in [0.3, 0.4) is 0 Å². The predicted octanol–water partition coefficient (Wildman–Crippen LogP) is 4.92. The molecule has 0 amide bonds. The van der Waals surface area contributed by atoms with Crippen molar-refractivity contribution in [3.8, 4) is 0 Å². The summed E-state index contributed by atoms with van der Waals surface area (Å²) >= 11 is 0. The van der Waals surface area contributed by atoms with Crippen LogP contribution in [0.15, 0.2) is 66.7 Å². The van der Waals surface area contributed by atoms with Gasteiger partial charge in [0.1, 0.15) is 6.10 Å². The molecule has 1 heterocycles. The lowest BCUT2D eigenvalue weighted by Crippen LogP contribution is -2.24. The summed E-state index contributed by atoms with van der Waals surface area (Å²) in [5, 5.41) is 29.7. The fourth-order valence-corrected chi connectivity index (χ4v) is 5.04. The quantitative estimate of drug-likeness (QED) is 0.343. The van der Waals surface area contributed by atoms with Crippen LogP contribution in [0, 0.1) is 0 Å². The summed E-state index contributed by atoms with van der Waals surface area (Å²) in [7, 11) is 0. The summed E-state index contributed by atoms with van der Waals surface area (Å²) in [6.45, 7) is -0.158. The van der Waals surface area contributed by atoms with Crippen molar-refractivity contribution >= 4 is 43.1 Å². The van der Waals surface area contributed by atoms with Crippen LogP contribution in [-0.2, 0) is 4.74 Å². The van der Waals surface area contributed by atoms with Crippen molar-refractivity contribution < 1.29 is 14.9 Å². The van der Waals surface area contributed by atoms with Crippen molar-refractivity contribution in [3.05, 3.63) is 72.3 Å². The molecule has 2 N–H and O–H groups in total. The van der Waals surface area contributed by atoms with Crippen molar-refractivity contribution in [2.24, 2.45) is 0 Å². The molecule has 6 rings (SSSR count). The average Bonchev–Trinajstić information content (AvgIpc) is 3.12. The van der Waals surface area contributed by atoms with Gasteiger partial charge in [0.25, 0.3) is 0 Å². The number of hydrogen-bond acceptors (Lipinski definition) is 3. The minimum Gasteiger partial charge on any atom is -0.394 e. The Labute approximate surface area is 162 Å². The number of benzene rings is 5. The minimum atomic E-state index is -0.629. The highest BCUT2D eigenvalue weighted by Crippen LogP contribution is 2.44. The third-order valence-corrected chi connectivity index (χ3v) is 6.31. The van der Waals surface area contributed by atoms with Crippen LogP contribution in [0.5, 0.6) is 0 Å². The van der Waals surface area contributed by atoms with Crippen LogP contribution in [0.2, 0.25) is 0 Å². The average molecular weight is 368 g/mol. The Hall–Kier alpha value is -2.72. The van der Waals surface area contributed by atoms with Crippen molar-refractivity contribution in [2.75, 3.05) is 6.61 Å². The van der Waals surface area contributed by atoms with Gasteiger partial charge in [-0.1, -0.05) is 66.7 Å². The summed E-state index contributed by atoms with van der Waals surface area (Å²) < 4.78 is 5.98. The van der Waals surface area contributed by atoms with Crippen LogP contribution in [0.1, 0.15) is 18.1 Å². The molecule has 138 valence electrons. The zero-order valence-corrected chi connectivity index (χ0v) is 15.3. The molecule has 3 heteroatoms. The molecule has 0 aromatic heterocycles. The van der Waals surface area contributed by atoms with E-state index in [1.807, 2.05) is 0 Å². The first-order valence-corrected chi connectivity index (χ1v) is 9.79. The van der Waals surface area contributed by atoms with Crippen LogP contribution in [0.4, 0.5) is 0 Å². The van der Waals surface area contributed by atoms with Gasteiger partial charge in [0.15, 0.2) is 0 Å². The topological polar surface area (TPSA) is 49.7 Å². The maximum absolute atomic E-state index is 10.2. The number of ether oxygens (including phenoxy) is 1. The first-order chi connectivity index (χ1) is 13.8. The lowest BCUT2D eigenvalue weighted by atomic mass is 9.87. The minimum absolute atomic E-state index is 0.158. The molecule has 0 saturated carbocycles. The highest BCUT2D eigenvalue weighted by atomic mass is 16.5. The lowest BCUT2D eigenvalue weighted by Gasteiger charge is -2.19. The van der Waals surface area contributed by atoms with Gasteiger partial charge in [-0.05, 0) is 48.7 Å². The van der Waals surface area contributed by atoms with Crippen LogP contribution < -0.4 is 0 Å². The van der Waals surface area contributed by atoms with E-state index in [9.17, 15) is 10.2 Å². The van der Waals surface area contributed by atoms with E-state index < -0.39 is 12.2 Å². The SMILES string of the molecule is OC[C@H]1O[C@@H](c2ccc3c4cccc5cccc(c6cccc2c63)c54)CC1O. The Bertz CT molecular complexity index is 1290. The van der Waals surface area contributed by atoms with E-state index in [0.29, 0.717) is 6.42 Å². The highest BCUT2D eigenvalue weighted by molar-refractivity contribution is 6.33. The molecular weight excluding hydrogens is 348 g/mol. The monoisotopic (exact) mass is 368 g/mol. The molecule has 0 spiro atoms. The summed E-state index contributed by atoms with van der Waals surface area (Å²) in [6.07, 6.45) is -0.833. The number of hydrogen-bond donors (Lipinski definition) is 2. The van der Waals surface area contributed by atoms with Crippen molar-refractivity contribution in [1.82, 2.24) is 0 Å². The molecular formula is C25H20O3. The molecule has 3 nitrogen and oxygen atoms in total. The molecule has 1 aliphatic heterocycles. The van der Waals surface area contributed by atoms with E-state index in [1.165, 1.54) is 37.7 Å². The fourth-order valence-electron chi connectivity index (χ4n) is 5.04. The normalized spacial score (nSPS) is 22.9. The Balaban J connectivity index is 1.72. The lowest BCUT2D eigenvalue weighted by molar-refractivity contribution is -0.0222. The summed E-state index contributed by atoms with van der Waals surface area (Å²) in [5.41, 5.74) is 1.09. The standard InChI is InChI=1S/C25H20O3/c26-13-23-21(27)12-22(28-23)15-10-11-20-18-7-2-5-14-4-1-6-17(24(14)18)19-9-3-8-16(15)25(19)20/h1-11,21-23,26-27H,12-13H2/t21?,22-,23-/m1/s1. The summed E-state index contributed by atoms with van der Waals surface area (Å²) in [4.78, 5) is 0. The summed E-state index contributed by atoms with van der Waals surface area (Å²) in [6, 6.07) is 23.8. The van der Waals surface area contributed by atoms with E-state index in [0.717, 1.165) is 10.9 Å². The van der Waals surface area contributed by atoms with Gasteiger partial charge in [-0.3, -0.25) is 0 Å². The second kappa shape index (κ2) is 5.89. The van der Waals surface area contributed by atoms with Gasteiger partial charge in [-0.2, -0.15) is 0 Å². The van der Waals surface area contributed by atoms with E-state index in [2.05, 4.69) is 66.7 Å². The third-order valence-electron chi connectivity index (χ3n) is 6.31. The highest BCUT2D eigenvalue weighted by Gasteiger charge is 2.35. The molecule has 0 bridgehead atoms. The molecule has 1 saturated heterocycles. The van der Waals surface area contributed by atoms with E-state index in [-0.39, 0.29) is 12.7 Å². The van der Waals surface area contributed by atoms with E-state index in [1.54, 1.807) is 0 Å². The van der Waals surface area contributed by atoms with Gasteiger partial charge >= 0.3 is 0 Å².